The second-order valence-electron chi connectivity index (χ2n) is 5.27. The number of carbonyl (C=O) groups excluding carboxylic acids is 2. The van der Waals surface area contributed by atoms with E-state index in [0.717, 1.165) is 23.1 Å². The molecular weight excluding hydrogens is 317 g/mol. The van der Waals surface area contributed by atoms with Gasteiger partial charge >= 0.3 is 5.69 Å². The van der Waals surface area contributed by atoms with Crippen molar-refractivity contribution in [1.29, 1.82) is 0 Å². The van der Waals surface area contributed by atoms with Crippen LogP contribution in [0.15, 0.2) is 35.3 Å². The van der Waals surface area contributed by atoms with Gasteiger partial charge in [-0.1, -0.05) is 0 Å². The molecule has 0 bridgehead atoms. The lowest BCUT2D eigenvalue weighted by Crippen LogP contribution is -2.40. The Bertz CT molecular complexity index is 832. The van der Waals surface area contributed by atoms with Crippen molar-refractivity contribution in [3.05, 3.63) is 57.9 Å². The molecular formula is C16H14FN3O4. The van der Waals surface area contributed by atoms with E-state index in [2.05, 4.69) is 10.3 Å². The maximum absolute atomic E-state index is 13.0. The molecule has 1 amide bonds. The number of hydrogen-bond donors (Lipinski definition) is 1. The van der Waals surface area contributed by atoms with Gasteiger partial charge in [0.25, 0.3) is 0 Å². The molecule has 3 rings (SSSR count). The number of amides is 1. The van der Waals surface area contributed by atoms with Gasteiger partial charge in [-0.05, 0) is 37.1 Å². The van der Waals surface area contributed by atoms with Crippen molar-refractivity contribution in [2.75, 3.05) is 6.61 Å². The van der Waals surface area contributed by atoms with Crippen LogP contribution in [0.5, 0.6) is 5.88 Å². The van der Waals surface area contributed by atoms with Crippen LogP contribution in [0, 0.1) is 5.82 Å². The molecule has 0 fully saturated rings. The van der Waals surface area contributed by atoms with Gasteiger partial charge < -0.3 is 10.1 Å². The first-order chi connectivity index (χ1) is 11.6. The zero-order valence-corrected chi connectivity index (χ0v) is 12.6. The Morgan fingerprint density at radius 2 is 2.12 bits per heavy atom. The molecule has 0 radical (unpaired) electrons. The normalized spacial score (nSPS) is 14.2. The first-order valence-corrected chi connectivity index (χ1v) is 7.34. The lowest BCUT2D eigenvalue weighted by atomic mass is 10.1. The maximum atomic E-state index is 13.0. The first kappa shape index (κ1) is 15.9. The number of benzene rings is 1. The summed E-state index contributed by atoms with van der Waals surface area (Å²) in [6, 6.07) is 4.84. The van der Waals surface area contributed by atoms with E-state index in [1.165, 1.54) is 18.3 Å². The summed E-state index contributed by atoms with van der Waals surface area (Å²) in [6.07, 6.45) is 1.95. The van der Waals surface area contributed by atoms with Crippen LogP contribution in [0.2, 0.25) is 0 Å². The first-order valence-electron chi connectivity index (χ1n) is 7.34. The highest BCUT2D eigenvalue weighted by molar-refractivity contribution is 5.99. The fraction of sp³-hybridized carbons (Fsp3) is 0.250. The Morgan fingerprint density at radius 3 is 2.83 bits per heavy atom. The third-order valence-corrected chi connectivity index (χ3v) is 3.70. The molecule has 0 spiro atoms. The number of carbonyl (C=O) groups is 2. The van der Waals surface area contributed by atoms with Gasteiger partial charge in [0.15, 0.2) is 6.17 Å². The van der Waals surface area contributed by atoms with E-state index in [1.54, 1.807) is 0 Å². The molecule has 0 saturated heterocycles. The van der Waals surface area contributed by atoms with Gasteiger partial charge in [-0.2, -0.15) is 4.98 Å². The fourth-order valence-corrected chi connectivity index (χ4v) is 2.53. The van der Waals surface area contributed by atoms with Crippen molar-refractivity contribution >= 4 is 12.2 Å². The number of Topliss-reactive ketones (excluding diaryl/α,β-unsaturated/α-hetero) is 1. The average Bonchev–Trinajstić information content (AvgIpc) is 2.59. The molecule has 1 aromatic carbocycles. The maximum Gasteiger partial charge on any atom is 0.352 e. The van der Waals surface area contributed by atoms with Gasteiger partial charge in [-0.25, -0.2) is 9.18 Å². The van der Waals surface area contributed by atoms with Crippen LogP contribution < -0.4 is 15.7 Å². The number of aromatic nitrogens is 2. The number of halogens is 1. The van der Waals surface area contributed by atoms with Crippen LogP contribution >= 0.6 is 0 Å². The minimum atomic E-state index is -1.26. The monoisotopic (exact) mass is 331 g/mol. The minimum absolute atomic E-state index is 0.164. The van der Waals surface area contributed by atoms with Crippen molar-refractivity contribution < 1.29 is 18.7 Å². The summed E-state index contributed by atoms with van der Waals surface area (Å²) in [6.45, 7) is 0.480. The average molecular weight is 331 g/mol. The molecule has 124 valence electrons. The predicted octanol–water partition coefficient (Wildman–Crippen LogP) is 0.835. The molecule has 2 heterocycles. The number of nitrogens with one attached hydrogen (secondary N) is 1. The van der Waals surface area contributed by atoms with Crippen molar-refractivity contribution in [3.63, 3.8) is 0 Å². The van der Waals surface area contributed by atoms with E-state index in [9.17, 15) is 18.8 Å². The Morgan fingerprint density at radius 1 is 1.38 bits per heavy atom. The minimum Gasteiger partial charge on any atom is -0.477 e. The van der Waals surface area contributed by atoms with E-state index in [-0.39, 0.29) is 11.4 Å². The van der Waals surface area contributed by atoms with Gasteiger partial charge in [0.1, 0.15) is 5.82 Å². The second kappa shape index (κ2) is 6.61. The number of fused-ring (bicyclic) bond motifs is 1. The van der Waals surface area contributed by atoms with E-state index in [0.29, 0.717) is 25.0 Å². The van der Waals surface area contributed by atoms with Crippen molar-refractivity contribution in [2.24, 2.45) is 0 Å². The summed E-state index contributed by atoms with van der Waals surface area (Å²) in [7, 11) is 0. The summed E-state index contributed by atoms with van der Waals surface area (Å²) < 4.78 is 19.4. The highest BCUT2D eigenvalue weighted by Gasteiger charge is 2.25. The molecule has 1 aliphatic rings. The molecule has 2 aromatic rings. The largest absolute Gasteiger partial charge is 0.477 e. The quantitative estimate of drug-likeness (QED) is 0.647. The van der Waals surface area contributed by atoms with Gasteiger partial charge in [-0.15, -0.1) is 0 Å². The van der Waals surface area contributed by atoms with Crippen LogP contribution in [0.4, 0.5) is 4.39 Å². The predicted molar refractivity (Wildman–Crippen MR) is 81.3 cm³/mol. The van der Waals surface area contributed by atoms with Crippen molar-refractivity contribution in [1.82, 2.24) is 14.9 Å². The molecule has 8 heteroatoms. The van der Waals surface area contributed by atoms with Gasteiger partial charge in [0, 0.05) is 17.3 Å². The Balaban J connectivity index is 2.02. The number of ether oxygens (including phenoxy) is 1. The fourth-order valence-electron chi connectivity index (χ4n) is 2.53. The van der Waals surface area contributed by atoms with Gasteiger partial charge in [-0.3, -0.25) is 14.2 Å². The molecule has 1 atom stereocenters. The van der Waals surface area contributed by atoms with E-state index >= 15 is 0 Å². The molecule has 1 aliphatic heterocycles. The summed E-state index contributed by atoms with van der Waals surface area (Å²) in [5.74, 6) is -0.791. The van der Waals surface area contributed by atoms with E-state index < -0.39 is 23.5 Å². The summed E-state index contributed by atoms with van der Waals surface area (Å²) in [4.78, 5) is 39.5. The molecule has 24 heavy (non-hydrogen) atoms. The lowest BCUT2D eigenvalue weighted by molar-refractivity contribution is -0.110. The van der Waals surface area contributed by atoms with Crippen molar-refractivity contribution in [2.45, 2.75) is 19.0 Å². The van der Waals surface area contributed by atoms with Crippen LogP contribution in [-0.2, 0) is 11.2 Å². The van der Waals surface area contributed by atoms with Crippen LogP contribution in [0.1, 0.15) is 28.5 Å². The smallest absolute Gasteiger partial charge is 0.352 e. The third-order valence-electron chi connectivity index (χ3n) is 3.70. The van der Waals surface area contributed by atoms with Crippen LogP contribution in [0.25, 0.3) is 0 Å². The van der Waals surface area contributed by atoms with Gasteiger partial charge in [0.05, 0.1) is 6.61 Å². The number of nitrogens with zero attached hydrogens (tertiary/aromatic N) is 2. The number of ketones is 1. The summed E-state index contributed by atoms with van der Waals surface area (Å²) in [5, 5.41) is 2.32. The molecule has 7 nitrogen and oxygen atoms in total. The zero-order chi connectivity index (χ0) is 17.1. The molecule has 1 aromatic heterocycles. The van der Waals surface area contributed by atoms with Gasteiger partial charge in [0.2, 0.25) is 18.1 Å². The molecule has 1 N–H and O–H groups in total. The summed E-state index contributed by atoms with van der Waals surface area (Å²) in [5.41, 5.74) is 0.132. The van der Waals surface area contributed by atoms with Crippen molar-refractivity contribution in [3.8, 4) is 5.88 Å². The molecule has 1 unspecified atom stereocenters. The summed E-state index contributed by atoms with van der Waals surface area (Å²) >= 11 is 0. The topological polar surface area (TPSA) is 90.3 Å². The Labute approximate surface area is 136 Å². The standard InChI is InChI=1S/C16H14FN3O4/c17-12-5-3-10(4-6-12)13(22)14(18-9-21)20-8-11-2-1-7-24-15(11)19-16(20)23/h3-6,8-9,14H,1-2,7H2,(H,18,21). The number of aryl methyl sites for hydroxylation is 1. The zero-order valence-electron chi connectivity index (χ0n) is 12.6. The third kappa shape index (κ3) is 3.03. The molecule has 0 aliphatic carbocycles. The van der Waals surface area contributed by atoms with Crippen LogP contribution in [0.3, 0.4) is 0 Å². The highest BCUT2D eigenvalue weighted by atomic mass is 19.1. The number of hydrogen-bond acceptors (Lipinski definition) is 5. The van der Waals surface area contributed by atoms with Crippen LogP contribution in [-0.4, -0.2) is 28.4 Å². The Kier molecular flexibility index (Phi) is 4.37. The van der Waals surface area contributed by atoms with E-state index in [4.69, 9.17) is 4.74 Å². The second-order valence-corrected chi connectivity index (χ2v) is 5.27. The number of rotatable bonds is 5. The highest BCUT2D eigenvalue weighted by Crippen LogP contribution is 2.21. The Hall–Kier alpha value is -3.03. The lowest BCUT2D eigenvalue weighted by Gasteiger charge is -2.21. The van der Waals surface area contributed by atoms with E-state index in [1.807, 2.05) is 0 Å². The molecule has 0 saturated carbocycles. The SMILES string of the molecule is O=CNC(C(=O)c1ccc(F)cc1)n1cc2c(nc1=O)OCCC2.